The lowest BCUT2D eigenvalue weighted by Crippen LogP contribution is -2.53. The number of rotatable bonds is 6. The molecule has 154 valence electrons. The highest BCUT2D eigenvalue weighted by Crippen LogP contribution is 2.40. The third-order valence-corrected chi connectivity index (χ3v) is 6.38. The number of amides is 2. The second-order valence-corrected chi connectivity index (χ2v) is 9.02. The maximum atomic E-state index is 12.5. The van der Waals surface area contributed by atoms with E-state index < -0.39 is 6.10 Å². The van der Waals surface area contributed by atoms with Gasteiger partial charge in [-0.3, -0.25) is 9.59 Å². The highest BCUT2D eigenvalue weighted by atomic mass is 16.3. The number of aliphatic hydroxyl groups is 1. The minimum atomic E-state index is -0.885. The van der Waals surface area contributed by atoms with E-state index in [2.05, 4.69) is 12.1 Å². The topological polar surface area (TPSA) is 60.9 Å². The number of nitrogens with zero attached hydrogens (tertiary/aromatic N) is 2. The lowest BCUT2D eigenvalue weighted by Gasteiger charge is -2.47. The van der Waals surface area contributed by atoms with Crippen LogP contribution in [0, 0.1) is 11.3 Å². The first-order valence-corrected chi connectivity index (χ1v) is 10.7. The van der Waals surface area contributed by atoms with E-state index in [1.54, 1.807) is 0 Å². The molecule has 1 atom stereocenters. The predicted molar refractivity (Wildman–Crippen MR) is 110 cm³/mol. The van der Waals surface area contributed by atoms with Gasteiger partial charge in [-0.05, 0) is 49.0 Å². The fourth-order valence-electron chi connectivity index (χ4n) is 4.58. The van der Waals surface area contributed by atoms with Gasteiger partial charge in [-0.2, -0.15) is 0 Å². The van der Waals surface area contributed by atoms with Crippen LogP contribution < -0.4 is 0 Å². The second kappa shape index (κ2) is 9.08. The third-order valence-electron chi connectivity index (χ3n) is 6.38. The Morgan fingerprint density at radius 3 is 2.46 bits per heavy atom. The van der Waals surface area contributed by atoms with Gasteiger partial charge in [0.2, 0.25) is 5.91 Å². The molecule has 2 heterocycles. The Bertz CT molecular complexity index is 666. The van der Waals surface area contributed by atoms with Crippen LogP contribution in [0.25, 0.3) is 0 Å². The van der Waals surface area contributed by atoms with Gasteiger partial charge < -0.3 is 14.9 Å². The smallest absolute Gasteiger partial charge is 0.251 e. The standard InChI is InChI=1S/C23H34N2O3/c1-18(2)16-20(26)22(28)24-14-11-23(12-15-24)10-8-21(27)25(17-23)13-9-19-6-4-3-5-7-19/h3-7,18,20,26H,8-17H2,1-2H3/t20-/m0/s1. The largest absolute Gasteiger partial charge is 0.383 e. The van der Waals surface area contributed by atoms with Crippen molar-refractivity contribution in [2.24, 2.45) is 11.3 Å². The van der Waals surface area contributed by atoms with Gasteiger partial charge in [-0.1, -0.05) is 44.2 Å². The summed E-state index contributed by atoms with van der Waals surface area (Å²) in [7, 11) is 0. The lowest BCUT2D eigenvalue weighted by atomic mass is 9.72. The van der Waals surface area contributed by atoms with E-state index in [9.17, 15) is 14.7 Å². The number of piperidine rings is 2. The van der Waals surface area contributed by atoms with Crippen molar-refractivity contribution in [3.63, 3.8) is 0 Å². The zero-order valence-corrected chi connectivity index (χ0v) is 17.3. The summed E-state index contributed by atoms with van der Waals surface area (Å²) in [6.07, 6.45) is 3.88. The van der Waals surface area contributed by atoms with E-state index in [0.717, 1.165) is 38.8 Å². The molecule has 2 saturated heterocycles. The molecular weight excluding hydrogens is 352 g/mol. The van der Waals surface area contributed by atoms with Crippen LogP contribution in [0.5, 0.6) is 0 Å². The summed E-state index contributed by atoms with van der Waals surface area (Å²) >= 11 is 0. The van der Waals surface area contributed by atoms with Gasteiger partial charge in [-0.25, -0.2) is 0 Å². The highest BCUT2D eigenvalue weighted by Gasteiger charge is 2.42. The minimum Gasteiger partial charge on any atom is -0.383 e. The molecule has 2 aliphatic rings. The first-order valence-electron chi connectivity index (χ1n) is 10.7. The van der Waals surface area contributed by atoms with Crippen LogP contribution in [-0.4, -0.2) is 59.0 Å². The zero-order chi connectivity index (χ0) is 20.1. The van der Waals surface area contributed by atoms with Gasteiger partial charge in [0.05, 0.1) is 0 Å². The van der Waals surface area contributed by atoms with E-state index in [1.807, 2.05) is 41.8 Å². The molecule has 2 aliphatic heterocycles. The van der Waals surface area contributed by atoms with Crippen molar-refractivity contribution in [3.05, 3.63) is 35.9 Å². The monoisotopic (exact) mass is 386 g/mol. The molecule has 0 bridgehead atoms. The second-order valence-electron chi connectivity index (χ2n) is 9.02. The molecule has 2 amide bonds. The molecule has 1 aromatic rings. The number of carbonyl (C=O) groups is 2. The summed E-state index contributed by atoms with van der Waals surface area (Å²) in [5.74, 6) is 0.432. The van der Waals surface area contributed by atoms with Crippen LogP contribution >= 0.6 is 0 Å². The molecule has 28 heavy (non-hydrogen) atoms. The Morgan fingerprint density at radius 2 is 1.82 bits per heavy atom. The fraction of sp³-hybridized carbons (Fsp3) is 0.652. The lowest BCUT2D eigenvalue weighted by molar-refractivity contribution is -0.147. The highest BCUT2D eigenvalue weighted by molar-refractivity contribution is 5.81. The zero-order valence-electron chi connectivity index (χ0n) is 17.3. The van der Waals surface area contributed by atoms with Crippen molar-refractivity contribution in [1.82, 2.24) is 9.80 Å². The van der Waals surface area contributed by atoms with Crippen molar-refractivity contribution in [3.8, 4) is 0 Å². The molecule has 0 radical (unpaired) electrons. The summed E-state index contributed by atoms with van der Waals surface area (Å²) < 4.78 is 0. The Balaban J connectivity index is 1.54. The molecule has 0 unspecified atom stereocenters. The molecule has 1 N–H and O–H groups in total. The van der Waals surface area contributed by atoms with E-state index >= 15 is 0 Å². The first-order chi connectivity index (χ1) is 13.4. The normalized spacial score (nSPS) is 20.6. The molecule has 0 aromatic heterocycles. The van der Waals surface area contributed by atoms with E-state index in [0.29, 0.717) is 31.8 Å². The molecule has 0 saturated carbocycles. The fourth-order valence-corrected chi connectivity index (χ4v) is 4.58. The van der Waals surface area contributed by atoms with Crippen molar-refractivity contribution < 1.29 is 14.7 Å². The Kier molecular flexibility index (Phi) is 6.76. The van der Waals surface area contributed by atoms with Crippen molar-refractivity contribution in [1.29, 1.82) is 0 Å². The quantitative estimate of drug-likeness (QED) is 0.818. The maximum absolute atomic E-state index is 12.5. The number of benzene rings is 1. The van der Waals surface area contributed by atoms with Crippen molar-refractivity contribution in [2.75, 3.05) is 26.2 Å². The van der Waals surface area contributed by atoms with Gasteiger partial charge >= 0.3 is 0 Å². The summed E-state index contributed by atoms with van der Waals surface area (Å²) in [6, 6.07) is 10.3. The molecule has 2 fully saturated rings. The van der Waals surface area contributed by atoms with Gasteiger partial charge in [0.15, 0.2) is 0 Å². The van der Waals surface area contributed by atoms with Crippen LogP contribution in [0.4, 0.5) is 0 Å². The molecule has 1 aromatic carbocycles. The van der Waals surface area contributed by atoms with Crippen molar-refractivity contribution in [2.45, 2.75) is 58.5 Å². The Hall–Kier alpha value is -1.88. The molecule has 3 rings (SSSR count). The predicted octanol–water partition coefficient (Wildman–Crippen LogP) is 2.87. The van der Waals surface area contributed by atoms with Gasteiger partial charge in [0.1, 0.15) is 6.10 Å². The molecule has 5 heteroatoms. The number of aliphatic hydroxyl groups excluding tert-OH is 1. The minimum absolute atomic E-state index is 0.128. The third kappa shape index (κ3) is 5.13. The molecule has 5 nitrogen and oxygen atoms in total. The van der Waals surface area contributed by atoms with E-state index in [1.165, 1.54) is 5.56 Å². The summed E-state index contributed by atoms with van der Waals surface area (Å²) in [6.45, 7) is 6.98. The van der Waals surface area contributed by atoms with E-state index in [4.69, 9.17) is 0 Å². The molecular formula is C23H34N2O3. The number of hydrogen-bond acceptors (Lipinski definition) is 3. The van der Waals surface area contributed by atoms with Crippen molar-refractivity contribution >= 4 is 11.8 Å². The van der Waals surface area contributed by atoms with Crippen LogP contribution in [0.2, 0.25) is 0 Å². The average Bonchev–Trinajstić information content (AvgIpc) is 2.69. The Morgan fingerprint density at radius 1 is 1.14 bits per heavy atom. The number of hydrogen-bond donors (Lipinski definition) is 1. The first kappa shape index (κ1) is 20.8. The SMILES string of the molecule is CC(C)C[C@H](O)C(=O)N1CCC2(CCC(=O)N(CCc3ccccc3)C2)CC1. The van der Waals surface area contributed by atoms with Gasteiger partial charge in [0.25, 0.3) is 5.91 Å². The Labute approximate surface area is 168 Å². The van der Waals surface area contributed by atoms with Crippen LogP contribution in [0.1, 0.15) is 51.5 Å². The van der Waals surface area contributed by atoms with Gasteiger partial charge in [0, 0.05) is 32.6 Å². The summed E-state index contributed by atoms with van der Waals surface area (Å²) in [4.78, 5) is 28.8. The average molecular weight is 387 g/mol. The number of carbonyl (C=O) groups excluding carboxylic acids is 2. The summed E-state index contributed by atoms with van der Waals surface area (Å²) in [5.41, 5.74) is 1.39. The van der Waals surface area contributed by atoms with Crippen LogP contribution in [0.15, 0.2) is 30.3 Å². The summed E-state index contributed by atoms with van der Waals surface area (Å²) in [5, 5.41) is 10.2. The maximum Gasteiger partial charge on any atom is 0.251 e. The number of likely N-dealkylation sites (tertiary alicyclic amines) is 2. The van der Waals surface area contributed by atoms with E-state index in [-0.39, 0.29) is 17.2 Å². The van der Waals surface area contributed by atoms with Crippen LogP contribution in [0.3, 0.4) is 0 Å². The molecule has 1 spiro atoms. The van der Waals surface area contributed by atoms with Gasteiger partial charge in [-0.15, -0.1) is 0 Å². The van der Waals surface area contributed by atoms with Crippen LogP contribution in [-0.2, 0) is 16.0 Å². The molecule has 0 aliphatic carbocycles.